The van der Waals surface area contributed by atoms with Crippen LogP contribution in [0.1, 0.15) is 5.69 Å². The van der Waals surface area contributed by atoms with E-state index in [0.29, 0.717) is 11.8 Å². The Hall–Kier alpha value is -0.970. The first kappa shape index (κ1) is 11.1. The van der Waals surface area contributed by atoms with E-state index in [9.17, 15) is 5.11 Å². The molecule has 1 aromatic heterocycles. The summed E-state index contributed by atoms with van der Waals surface area (Å²) in [4.78, 5) is 6.79. The lowest BCUT2D eigenvalue weighted by Gasteiger charge is -2.45. The fraction of sp³-hybridized carbons (Fsp3) is 0.615. The number of hydrogen-bond donors (Lipinski definition) is 2. The Balaban J connectivity index is 1.66. The van der Waals surface area contributed by atoms with E-state index in [4.69, 9.17) is 0 Å². The third-order valence-electron chi connectivity index (χ3n) is 3.88. The van der Waals surface area contributed by atoms with Crippen molar-refractivity contribution in [2.45, 2.75) is 12.6 Å². The van der Waals surface area contributed by atoms with E-state index in [0.717, 1.165) is 38.4 Å². The van der Waals surface area contributed by atoms with Crippen molar-refractivity contribution in [1.29, 1.82) is 0 Å². The number of hydrogen-bond acceptors (Lipinski definition) is 4. The van der Waals surface area contributed by atoms with Crippen molar-refractivity contribution in [3.8, 4) is 0 Å². The Morgan fingerprint density at radius 2 is 2.06 bits per heavy atom. The third-order valence-corrected chi connectivity index (χ3v) is 3.88. The molecule has 2 aliphatic heterocycles. The van der Waals surface area contributed by atoms with Crippen molar-refractivity contribution >= 4 is 0 Å². The minimum absolute atomic E-state index is 0.115. The highest BCUT2D eigenvalue weighted by atomic mass is 16.3. The third kappa shape index (κ3) is 2.34. The second kappa shape index (κ2) is 4.72. The van der Waals surface area contributed by atoms with Crippen molar-refractivity contribution < 1.29 is 5.11 Å². The maximum atomic E-state index is 10.1. The van der Waals surface area contributed by atoms with Crippen LogP contribution in [0, 0.1) is 11.8 Å². The number of rotatable bonds is 2. The van der Waals surface area contributed by atoms with Crippen LogP contribution < -0.4 is 5.32 Å². The molecule has 0 amide bonds. The number of pyridine rings is 1. The fourth-order valence-corrected chi connectivity index (χ4v) is 3.01. The number of nitrogens with one attached hydrogen (secondary N) is 1. The molecule has 3 rings (SSSR count). The number of aliphatic hydroxyl groups excluding tert-OH is 1. The molecule has 2 saturated heterocycles. The van der Waals surface area contributed by atoms with E-state index in [1.54, 1.807) is 0 Å². The highest BCUT2D eigenvalue weighted by Gasteiger charge is 2.38. The van der Waals surface area contributed by atoms with Crippen molar-refractivity contribution in [3.05, 3.63) is 30.1 Å². The zero-order chi connectivity index (χ0) is 11.7. The predicted octanol–water partition coefficient (Wildman–Crippen LogP) is 0.0937. The summed E-state index contributed by atoms with van der Waals surface area (Å²) in [6.07, 6.45) is 1.73. The molecule has 3 heterocycles. The SMILES string of the molecule is OC1C2CNCC1CN(Cc1ccccn1)C2. The van der Waals surface area contributed by atoms with Crippen LogP contribution >= 0.6 is 0 Å². The maximum Gasteiger partial charge on any atom is 0.0645 e. The monoisotopic (exact) mass is 233 g/mol. The van der Waals surface area contributed by atoms with Crippen LogP contribution in [0.25, 0.3) is 0 Å². The standard InChI is InChI=1S/C13H19N3O/c17-13-10-5-14-6-11(13)8-16(7-10)9-12-3-1-2-4-15-12/h1-4,10-11,13-14,17H,5-9H2. The molecule has 0 radical (unpaired) electrons. The Morgan fingerprint density at radius 3 is 2.71 bits per heavy atom. The Labute approximate surface area is 102 Å². The normalized spacial score (nSPS) is 33.6. The van der Waals surface area contributed by atoms with Gasteiger partial charge in [0.2, 0.25) is 0 Å². The van der Waals surface area contributed by atoms with E-state index in [1.807, 2.05) is 18.3 Å². The molecule has 4 heteroatoms. The molecule has 2 unspecified atom stereocenters. The first-order valence-electron chi connectivity index (χ1n) is 6.34. The van der Waals surface area contributed by atoms with E-state index >= 15 is 0 Å². The molecule has 0 aliphatic carbocycles. The molecule has 0 spiro atoms. The van der Waals surface area contributed by atoms with Crippen molar-refractivity contribution in [1.82, 2.24) is 15.2 Å². The Morgan fingerprint density at radius 1 is 1.29 bits per heavy atom. The summed E-state index contributed by atoms with van der Waals surface area (Å²) in [5.74, 6) is 0.762. The fourth-order valence-electron chi connectivity index (χ4n) is 3.01. The Kier molecular flexibility index (Phi) is 3.09. The molecular formula is C13H19N3O. The summed E-state index contributed by atoms with van der Waals surface area (Å²) in [7, 11) is 0. The number of piperidine rings is 2. The van der Waals surface area contributed by atoms with Gasteiger partial charge in [-0.2, -0.15) is 0 Å². The average Bonchev–Trinajstić information content (AvgIpc) is 2.32. The lowest BCUT2D eigenvalue weighted by Crippen LogP contribution is -2.58. The molecule has 2 fully saturated rings. The van der Waals surface area contributed by atoms with E-state index in [2.05, 4.69) is 21.3 Å². The van der Waals surface area contributed by atoms with Gasteiger partial charge in [0.25, 0.3) is 0 Å². The van der Waals surface area contributed by atoms with Gasteiger partial charge in [-0.05, 0) is 12.1 Å². The average molecular weight is 233 g/mol. The topological polar surface area (TPSA) is 48.4 Å². The first-order chi connectivity index (χ1) is 8.33. The van der Waals surface area contributed by atoms with Crippen LogP contribution in [0.3, 0.4) is 0 Å². The van der Waals surface area contributed by atoms with Gasteiger partial charge in [-0.15, -0.1) is 0 Å². The highest BCUT2D eigenvalue weighted by molar-refractivity contribution is 5.04. The van der Waals surface area contributed by atoms with Gasteiger partial charge in [-0.3, -0.25) is 9.88 Å². The highest BCUT2D eigenvalue weighted by Crippen LogP contribution is 2.25. The summed E-state index contributed by atoms with van der Waals surface area (Å²) in [5.41, 5.74) is 1.12. The number of aliphatic hydroxyl groups is 1. The van der Waals surface area contributed by atoms with Crippen molar-refractivity contribution in [2.75, 3.05) is 26.2 Å². The quantitative estimate of drug-likeness (QED) is 0.760. The lowest BCUT2D eigenvalue weighted by molar-refractivity contribution is -0.0426. The molecule has 2 atom stereocenters. The lowest BCUT2D eigenvalue weighted by atomic mass is 9.82. The smallest absolute Gasteiger partial charge is 0.0645 e. The number of aromatic nitrogens is 1. The molecule has 0 saturated carbocycles. The molecule has 2 bridgehead atoms. The summed E-state index contributed by atoms with van der Waals surface area (Å²) in [6, 6.07) is 6.05. The molecular weight excluding hydrogens is 214 g/mol. The van der Waals surface area contributed by atoms with Gasteiger partial charge in [-0.1, -0.05) is 6.07 Å². The Bertz CT molecular complexity index is 356. The van der Waals surface area contributed by atoms with Crippen LogP contribution in [0.15, 0.2) is 24.4 Å². The summed E-state index contributed by atoms with van der Waals surface area (Å²) in [6.45, 7) is 4.73. The predicted molar refractivity (Wildman–Crippen MR) is 65.4 cm³/mol. The van der Waals surface area contributed by atoms with Gasteiger partial charge in [0, 0.05) is 50.8 Å². The van der Waals surface area contributed by atoms with Crippen LogP contribution in [0.2, 0.25) is 0 Å². The van der Waals surface area contributed by atoms with Gasteiger partial charge in [-0.25, -0.2) is 0 Å². The van der Waals surface area contributed by atoms with Gasteiger partial charge in [0.1, 0.15) is 0 Å². The molecule has 4 nitrogen and oxygen atoms in total. The van der Waals surface area contributed by atoms with Crippen LogP contribution in [-0.4, -0.2) is 47.3 Å². The van der Waals surface area contributed by atoms with Crippen LogP contribution in [-0.2, 0) is 6.54 Å². The zero-order valence-electron chi connectivity index (χ0n) is 9.92. The van der Waals surface area contributed by atoms with E-state index in [-0.39, 0.29) is 6.10 Å². The maximum absolute atomic E-state index is 10.1. The minimum Gasteiger partial charge on any atom is -0.392 e. The summed E-state index contributed by atoms with van der Waals surface area (Å²) >= 11 is 0. The summed E-state index contributed by atoms with van der Waals surface area (Å²) in [5, 5.41) is 13.5. The van der Waals surface area contributed by atoms with Crippen LogP contribution in [0.4, 0.5) is 0 Å². The summed E-state index contributed by atoms with van der Waals surface area (Å²) < 4.78 is 0. The van der Waals surface area contributed by atoms with Gasteiger partial charge >= 0.3 is 0 Å². The second-order valence-electron chi connectivity index (χ2n) is 5.18. The number of likely N-dealkylation sites (tertiary alicyclic amines) is 1. The van der Waals surface area contributed by atoms with Gasteiger partial charge < -0.3 is 10.4 Å². The van der Waals surface area contributed by atoms with E-state index in [1.165, 1.54) is 0 Å². The molecule has 17 heavy (non-hydrogen) atoms. The molecule has 92 valence electrons. The second-order valence-corrected chi connectivity index (χ2v) is 5.18. The number of nitrogens with zero attached hydrogens (tertiary/aromatic N) is 2. The van der Waals surface area contributed by atoms with E-state index < -0.39 is 0 Å². The number of fused-ring (bicyclic) bond motifs is 2. The van der Waals surface area contributed by atoms with Gasteiger partial charge in [0.05, 0.1) is 11.8 Å². The first-order valence-corrected chi connectivity index (χ1v) is 6.34. The van der Waals surface area contributed by atoms with Crippen molar-refractivity contribution in [2.24, 2.45) is 11.8 Å². The van der Waals surface area contributed by atoms with Gasteiger partial charge in [0.15, 0.2) is 0 Å². The van der Waals surface area contributed by atoms with Crippen LogP contribution in [0.5, 0.6) is 0 Å². The molecule has 0 aromatic carbocycles. The molecule has 2 aliphatic rings. The zero-order valence-corrected chi connectivity index (χ0v) is 9.92. The largest absolute Gasteiger partial charge is 0.392 e. The molecule has 2 N–H and O–H groups in total. The molecule has 1 aromatic rings. The minimum atomic E-state index is -0.115. The van der Waals surface area contributed by atoms with Crippen molar-refractivity contribution in [3.63, 3.8) is 0 Å².